The van der Waals surface area contributed by atoms with Crippen LogP contribution in [0.15, 0.2) is 48.8 Å². The molecule has 0 radical (unpaired) electrons. The molecule has 0 atom stereocenters. The summed E-state index contributed by atoms with van der Waals surface area (Å²) in [4.78, 5) is 0. The van der Waals surface area contributed by atoms with E-state index in [9.17, 15) is 0 Å². The van der Waals surface area contributed by atoms with Crippen LogP contribution >= 0.6 is 24.4 Å². The second kappa shape index (κ2) is 9.72. The standard InChI is InChI=1S/2C5H5NOS.O.V/c2*7-6-4-2-1-3-5(6)8;;/h2*1-4,7H;;. The molecule has 2 N–H and O–H groups in total. The molecule has 0 amide bonds. The van der Waals surface area contributed by atoms with E-state index >= 15 is 0 Å². The number of rotatable bonds is 0. The van der Waals surface area contributed by atoms with Crippen molar-refractivity contribution in [2.75, 3.05) is 0 Å². The third-order valence-electron chi connectivity index (χ3n) is 1.61. The van der Waals surface area contributed by atoms with Crippen molar-refractivity contribution in [1.29, 1.82) is 0 Å². The van der Waals surface area contributed by atoms with E-state index in [1.165, 1.54) is 12.4 Å². The van der Waals surface area contributed by atoms with Crippen molar-refractivity contribution in [1.82, 2.24) is 9.46 Å². The molecule has 0 unspecified atom stereocenters. The second-order valence-electron chi connectivity index (χ2n) is 2.77. The monoisotopic (exact) mass is 321 g/mol. The molecule has 2 aromatic heterocycles. The Morgan fingerprint density at radius 2 is 1.17 bits per heavy atom. The Hall–Kier alpha value is -1.28. The van der Waals surface area contributed by atoms with Gasteiger partial charge in [-0.15, -0.1) is 0 Å². The third-order valence-corrected chi connectivity index (χ3v) is 2.25. The topological polar surface area (TPSA) is 67.4 Å². The van der Waals surface area contributed by atoms with Crippen LogP contribution in [-0.4, -0.2) is 19.9 Å². The molecule has 0 aromatic carbocycles. The van der Waals surface area contributed by atoms with Gasteiger partial charge in [0, 0.05) is 12.4 Å². The molecule has 0 aliphatic rings. The predicted octanol–water partition coefficient (Wildman–Crippen LogP) is 2.79. The van der Waals surface area contributed by atoms with Crippen LogP contribution in [0.1, 0.15) is 0 Å². The fourth-order valence-electron chi connectivity index (χ4n) is 0.838. The SMILES string of the molecule is On1ccccc1=S.On1ccccc1=S.[O]=[V]. The van der Waals surface area contributed by atoms with Crippen LogP contribution in [0.3, 0.4) is 0 Å². The molecule has 2 rings (SSSR count). The fraction of sp³-hybridized carbons (Fsp3) is 0. The Morgan fingerprint density at radius 1 is 0.833 bits per heavy atom. The van der Waals surface area contributed by atoms with Gasteiger partial charge in [-0.2, -0.15) is 9.46 Å². The first-order valence-corrected chi connectivity index (χ1v) is 5.92. The molecule has 0 saturated heterocycles. The third kappa shape index (κ3) is 6.46. The molecule has 8 heteroatoms. The molecule has 5 nitrogen and oxygen atoms in total. The minimum atomic E-state index is 0.424. The molecule has 0 fully saturated rings. The van der Waals surface area contributed by atoms with Crippen LogP contribution in [0.4, 0.5) is 0 Å². The molecule has 2 heterocycles. The van der Waals surface area contributed by atoms with E-state index in [0.717, 1.165) is 26.8 Å². The maximum absolute atomic E-state index is 8.73. The summed E-state index contributed by atoms with van der Waals surface area (Å²) in [6.07, 6.45) is 2.98. The summed E-state index contributed by atoms with van der Waals surface area (Å²) in [5, 5.41) is 17.5. The summed E-state index contributed by atoms with van der Waals surface area (Å²) in [6.45, 7) is 0. The van der Waals surface area contributed by atoms with Crippen molar-refractivity contribution in [3.63, 3.8) is 0 Å². The van der Waals surface area contributed by atoms with Crippen molar-refractivity contribution < 1.29 is 31.5 Å². The van der Waals surface area contributed by atoms with E-state index in [1.54, 1.807) is 36.4 Å². The number of nitrogens with zero attached hydrogens (tertiary/aromatic N) is 2. The molecule has 2 aromatic rings. The summed E-state index contributed by atoms with van der Waals surface area (Å²) >= 11 is 10.4. The number of hydrogen-bond donors (Lipinski definition) is 2. The number of aromatic nitrogens is 2. The van der Waals surface area contributed by atoms with Gasteiger partial charge in [0.25, 0.3) is 0 Å². The summed E-state index contributed by atoms with van der Waals surface area (Å²) in [5.74, 6) is 0. The zero-order valence-corrected chi connectivity index (χ0v) is 12.1. The average Bonchev–Trinajstić information content (AvgIpc) is 2.40. The fourth-order valence-corrected chi connectivity index (χ4v) is 1.12. The van der Waals surface area contributed by atoms with Gasteiger partial charge in [0.15, 0.2) is 0 Å². The average molecular weight is 321 g/mol. The van der Waals surface area contributed by atoms with Crippen LogP contribution in [0.25, 0.3) is 0 Å². The van der Waals surface area contributed by atoms with Gasteiger partial charge in [-0.05, 0) is 24.3 Å². The van der Waals surface area contributed by atoms with Crippen molar-refractivity contribution in [3.8, 4) is 0 Å². The molecule has 0 saturated carbocycles. The molecule has 0 aliphatic heterocycles. The minimum absolute atomic E-state index is 0.424. The molecule has 18 heavy (non-hydrogen) atoms. The zero-order valence-electron chi connectivity index (χ0n) is 9.08. The Kier molecular flexibility index (Phi) is 9.03. The van der Waals surface area contributed by atoms with Gasteiger partial charge in [-0.3, -0.25) is 0 Å². The van der Waals surface area contributed by atoms with Crippen LogP contribution in [0.5, 0.6) is 0 Å². The van der Waals surface area contributed by atoms with Crippen molar-refractivity contribution in [2.24, 2.45) is 0 Å². The van der Waals surface area contributed by atoms with Crippen LogP contribution in [-0.2, 0) is 21.0 Å². The van der Waals surface area contributed by atoms with Gasteiger partial charge >= 0.3 is 21.0 Å². The Balaban J connectivity index is 0.000000283. The number of pyridine rings is 2. The zero-order chi connectivity index (χ0) is 14.0. The normalized spacial score (nSPS) is 8.17. The summed E-state index contributed by atoms with van der Waals surface area (Å²) in [6, 6.07) is 10.3. The van der Waals surface area contributed by atoms with Crippen LogP contribution < -0.4 is 0 Å². The van der Waals surface area contributed by atoms with Crippen LogP contribution in [0.2, 0.25) is 0 Å². The van der Waals surface area contributed by atoms with E-state index in [4.69, 9.17) is 14.1 Å². The summed E-state index contributed by atoms with van der Waals surface area (Å²) in [5.41, 5.74) is 0. The Bertz CT molecular complexity index is 534. The summed E-state index contributed by atoms with van der Waals surface area (Å²) < 4.78 is 10.8. The first-order valence-electron chi connectivity index (χ1n) is 4.53. The molecule has 0 bridgehead atoms. The van der Waals surface area contributed by atoms with Crippen molar-refractivity contribution >= 4 is 24.4 Å². The van der Waals surface area contributed by atoms with Gasteiger partial charge in [0.2, 0.25) is 0 Å². The Morgan fingerprint density at radius 3 is 1.33 bits per heavy atom. The van der Waals surface area contributed by atoms with E-state index in [0.29, 0.717) is 9.28 Å². The summed E-state index contributed by atoms with van der Waals surface area (Å²) in [7, 11) is 0. The van der Waals surface area contributed by atoms with Gasteiger partial charge in [-0.25, -0.2) is 0 Å². The van der Waals surface area contributed by atoms with E-state index in [2.05, 4.69) is 24.4 Å². The Labute approximate surface area is 123 Å². The van der Waals surface area contributed by atoms with Crippen molar-refractivity contribution in [2.45, 2.75) is 0 Å². The van der Waals surface area contributed by atoms with E-state index in [1.807, 2.05) is 0 Å². The quantitative estimate of drug-likeness (QED) is 0.577. The van der Waals surface area contributed by atoms with Gasteiger partial charge in [-0.1, -0.05) is 36.6 Å². The number of hydrogen-bond acceptors (Lipinski definition) is 5. The molecule has 0 aliphatic carbocycles. The van der Waals surface area contributed by atoms with E-state index < -0.39 is 0 Å². The van der Waals surface area contributed by atoms with Gasteiger partial charge < -0.3 is 10.4 Å². The van der Waals surface area contributed by atoms with Crippen LogP contribution in [0, 0.1) is 9.28 Å². The maximum atomic E-state index is 8.73. The van der Waals surface area contributed by atoms with E-state index in [-0.39, 0.29) is 0 Å². The molecule has 0 spiro atoms. The van der Waals surface area contributed by atoms with Gasteiger partial charge in [0.05, 0.1) is 0 Å². The predicted molar refractivity (Wildman–Crippen MR) is 65.6 cm³/mol. The second-order valence-corrected chi connectivity index (χ2v) is 3.60. The van der Waals surface area contributed by atoms with Gasteiger partial charge in [0.1, 0.15) is 9.28 Å². The first kappa shape index (κ1) is 16.7. The molecule has 95 valence electrons. The van der Waals surface area contributed by atoms with Crippen molar-refractivity contribution in [3.05, 3.63) is 58.1 Å². The molecular formula is C10H10N2O3S2V. The first-order chi connectivity index (χ1) is 8.61. The molecular weight excluding hydrogens is 311 g/mol.